The van der Waals surface area contributed by atoms with Gasteiger partial charge in [-0.25, -0.2) is 4.79 Å². The molecule has 0 saturated carbocycles. The maximum absolute atomic E-state index is 12.3. The second kappa shape index (κ2) is 8.47. The number of esters is 1. The first-order valence-corrected chi connectivity index (χ1v) is 8.78. The monoisotopic (exact) mass is 382 g/mol. The van der Waals surface area contributed by atoms with Crippen molar-refractivity contribution in [1.29, 1.82) is 0 Å². The Kier molecular flexibility index (Phi) is 5.84. The molecule has 0 aliphatic heterocycles. The summed E-state index contributed by atoms with van der Waals surface area (Å²) in [6.07, 6.45) is 1.58. The Morgan fingerprint density at radius 1 is 1.11 bits per heavy atom. The van der Waals surface area contributed by atoms with Gasteiger partial charge in [-0.1, -0.05) is 18.2 Å². The highest BCUT2D eigenvalue weighted by Crippen LogP contribution is 2.29. The lowest BCUT2D eigenvalue weighted by atomic mass is 10.1. The number of aromatic nitrogens is 1. The van der Waals surface area contributed by atoms with Crippen molar-refractivity contribution in [2.75, 3.05) is 20.8 Å². The van der Waals surface area contributed by atoms with Crippen molar-refractivity contribution < 1.29 is 23.8 Å². The molecule has 0 saturated heterocycles. The van der Waals surface area contributed by atoms with Crippen LogP contribution in [0.2, 0.25) is 0 Å². The third kappa shape index (κ3) is 4.09. The molecule has 0 spiro atoms. The fraction of sp³-hybridized carbons (Fsp3) is 0.238. The molecule has 1 amide bonds. The van der Waals surface area contributed by atoms with Crippen LogP contribution in [-0.4, -0.2) is 37.7 Å². The van der Waals surface area contributed by atoms with Crippen molar-refractivity contribution in [3.63, 3.8) is 0 Å². The van der Waals surface area contributed by atoms with Gasteiger partial charge in [-0.2, -0.15) is 0 Å². The summed E-state index contributed by atoms with van der Waals surface area (Å²) in [4.78, 5) is 27.6. The standard InChI is InChI=1S/C21H22N2O5/c1-13(16-10-14(26-2)8-9-19(16)27-3)23-20(24)12-28-21(25)17-11-22-18-7-5-4-6-15(17)18/h4-11,13,22H,12H2,1-3H3,(H,23,24)/t13-/m1/s1. The van der Waals surface area contributed by atoms with Crippen LogP contribution >= 0.6 is 0 Å². The first-order chi connectivity index (χ1) is 13.5. The molecule has 7 heteroatoms. The van der Waals surface area contributed by atoms with Crippen molar-refractivity contribution in [3.05, 3.63) is 59.8 Å². The van der Waals surface area contributed by atoms with E-state index in [0.717, 1.165) is 16.5 Å². The van der Waals surface area contributed by atoms with Crippen molar-refractivity contribution in [2.24, 2.45) is 0 Å². The fourth-order valence-electron chi connectivity index (χ4n) is 2.99. The minimum atomic E-state index is -0.556. The van der Waals surface area contributed by atoms with Gasteiger partial charge in [-0.05, 0) is 31.2 Å². The van der Waals surface area contributed by atoms with E-state index in [-0.39, 0.29) is 12.6 Å². The molecular formula is C21H22N2O5. The highest BCUT2D eigenvalue weighted by molar-refractivity contribution is 6.04. The minimum absolute atomic E-state index is 0.357. The first kappa shape index (κ1) is 19.3. The van der Waals surface area contributed by atoms with Gasteiger partial charge in [0.15, 0.2) is 6.61 Å². The van der Waals surface area contributed by atoms with Crippen LogP contribution in [0.15, 0.2) is 48.7 Å². The average molecular weight is 382 g/mol. The Bertz CT molecular complexity index is 995. The Morgan fingerprint density at radius 3 is 2.64 bits per heavy atom. The summed E-state index contributed by atoms with van der Waals surface area (Å²) < 4.78 is 15.7. The van der Waals surface area contributed by atoms with Gasteiger partial charge in [0.1, 0.15) is 11.5 Å². The molecule has 2 N–H and O–H groups in total. The van der Waals surface area contributed by atoms with Gasteiger partial charge >= 0.3 is 5.97 Å². The summed E-state index contributed by atoms with van der Waals surface area (Å²) >= 11 is 0. The maximum atomic E-state index is 12.3. The van der Waals surface area contributed by atoms with Crippen LogP contribution in [0.4, 0.5) is 0 Å². The molecule has 2 aromatic carbocycles. The number of H-pyrrole nitrogens is 1. The number of hydrogen-bond donors (Lipinski definition) is 2. The summed E-state index contributed by atoms with van der Waals surface area (Å²) in [5.74, 6) is 0.317. The lowest BCUT2D eigenvalue weighted by Gasteiger charge is -2.18. The number of para-hydroxylation sites is 1. The van der Waals surface area contributed by atoms with Gasteiger partial charge in [0.2, 0.25) is 0 Å². The van der Waals surface area contributed by atoms with Crippen LogP contribution in [-0.2, 0) is 9.53 Å². The van der Waals surface area contributed by atoms with E-state index in [1.165, 1.54) is 0 Å². The third-order valence-corrected chi connectivity index (χ3v) is 4.42. The molecule has 1 atom stereocenters. The molecule has 28 heavy (non-hydrogen) atoms. The highest BCUT2D eigenvalue weighted by Gasteiger charge is 2.18. The number of nitrogens with one attached hydrogen (secondary N) is 2. The van der Waals surface area contributed by atoms with Crippen LogP contribution in [0.1, 0.15) is 28.9 Å². The molecule has 0 aliphatic carbocycles. The Morgan fingerprint density at radius 2 is 1.89 bits per heavy atom. The van der Waals surface area contributed by atoms with Gasteiger partial charge in [-0.3, -0.25) is 4.79 Å². The lowest BCUT2D eigenvalue weighted by Crippen LogP contribution is -2.31. The Balaban J connectivity index is 1.62. The SMILES string of the molecule is COc1ccc(OC)c([C@@H](C)NC(=O)COC(=O)c2c[nH]c3ccccc23)c1. The molecule has 1 heterocycles. The molecule has 7 nitrogen and oxygen atoms in total. The number of aromatic amines is 1. The predicted octanol–water partition coefficient (Wildman–Crippen LogP) is 3.22. The minimum Gasteiger partial charge on any atom is -0.497 e. The summed E-state index contributed by atoms with van der Waals surface area (Å²) in [6, 6.07) is 12.4. The number of benzene rings is 2. The summed E-state index contributed by atoms with van der Waals surface area (Å²) in [7, 11) is 3.13. The van der Waals surface area contributed by atoms with E-state index >= 15 is 0 Å². The van der Waals surface area contributed by atoms with Crippen molar-refractivity contribution in [3.8, 4) is 11.5 Å². The average Bonchev–Trinajstić information content (AvgIpc) is 3.15. The number of carbonyl (C=O) groups is 2. The van der Waals surface area contributed by atoms with E-state index in [9.17, 15) is 9.59 Å². The molecule has 0 unspecified atom stereocenters. The molecule has 0 fully saturated rings. The third-order valence-electron chi connectivity index (χ3n) is 4.42. The molecule has 0 bridgehead atoms. The predicted molar refractivity (Wildman–Crippen MR) is 105 cm³/mol. The zero-order chi connectivity index (χ0) is 20.1. The highest BCUT2D eigenvalue weighted by atomic mass is 16.5. The summed E-state index contributed by atoms with van der Waals surface area (Å²) in [5.41, 5.74) is 1.99. The van der Waals surface area contributed by atoms with E-state index in [1.54, 1.807) is 38.6 Å². The fourth-order valence-corrected chi connectivity index (χ4v) is 2.99. The van der Waals surface area contributed by atoms with Crippen molar-refractivity contribution in [2.45, 2.75) is 13.0 Å². The van der Waals surface area contributed by atoms with E-state index in [0.29, 0.717) is 17.1 Å². The van der Waals surface area contributed by atoms with E-state index < -0.39 is 11.9 Å². The molecular weight excluding hydrogens is 360 g/mol. The van der Waals surface area contributed by atoms with E-state index in [4.69, 9.17) is 14.2 Å². The first-order valence-electron chi connectivity index (χ1n) is 8.78. The number of fused-ring (bicyclic) bond motifs is 1. The molecule has 0 radical (unpaired) electrons. The lowest BCUT2D eigenvalue weighted by molar-refractivity contribution is -0.124. The van der Waals surface area contributed by atoms with Gasteiger partial charge in [-0.15, -0.1) is 0 Å². The topological polar surface area (TPSA) is 89.7 Å². The Hall–Kier alpha value is -3.48. The van der Waals surface area contributed by atoms with Gasteiger partial charge < -0.3 is 24.5 Å². The summed E-state index contributed by atoms with van der Waals surface area (Å²) in [5, 5.41) is 3.55. The van der Waals surface area contributed by atoms with Crippen LogP contribution in [0.3, 0.4) is 0 Å². The largest absolute Gasteiger partial charge is 0.497 e. The van der Waals surface area contributed by atoms with Crippen LogP contribution in [0.5, 0.6) is 11.5 Å². The van der Waals surface area contributed by atoms with Crippen molar-refractivity contribution in [1.82, 2.24) is 10.3 Å². The second-order valence-corrected chi connectivity index (χ2v) is 6.22. The van der Waals surface area contributed by atoms with E-state index in [1.807, 2.05) is 31.2 Å². The van der Waals surface area contributed by atoms with Gasteiger partial charge in [0.25, 0.3) is 5.91 Å². The zero-order valence-corrected chi connectivity index (χ0v) is 15.9. The summed E-state index contributed by atoms with van der Waals surface area (Å²) in [6.45, 7) is 1.44. The van der Waals surface area contributed by atoms with Gasteiger partial charge in [0.05, 0.1) is 25.8 Å². The number of carbonyl (C=O) groups excluding carboxylic acids is 2. The molecule has 3 aromatic rings. The van der Waals surface area contributed by atoms with Crippen LogP contribution < -0.4 is 14.8 Å². The van der Waals surface area contributed by atoms with Crippen LogP contribution in [0, 0.1) is 0 Å². The zero-order valence-electron chi connectivity index (χ0n) is 15.9. The molecule has 3 rings (SSSR count). The number of rotatable bonds is 7. The van der Waals surface area contributed by atoms with E-state index in [2.05, 4.69) is 10.3 Å². The number of methoxy groups -OCH3 is 2. The van der Waals surface area contributed by atoms with Crippen molar-refractivity contribution >= 4 is 22.8 Å². The maximum Gasteiger partial charge on any atom is 0.340 e. The molecule has 146 valence electrons. The molecule has 0 aliphatic rings. The number of amides is 1. The van der Waals surface area contributed by atoms with Crippen LogP contribution in [0.25, 0.3) is 10.9 Å². The quantitative estimate of drug-likeness (QED) is 0.613. The second-order valence-electron chi connectivity index (χ2n) is 6.22. The molecule has 1 aromatic heterocycles. The number of ether oxygens (including phenoxy) is 3. The van der Waals surface area contributed by atoms with Gasteiger partial charge in [0, 0.05) is 22.7 Å². The smallest absolute Gasteiger partial charge is 0.340 e. The normalized spacial score (nSPS) is 11.7. The Labute approximate surface area is 162 Å². The number of hydrogen-bond acceptors (Lipinski definition) is 5.